The number of hydrogen-bond acceptors (Lipinski definition) is 4. The lowest BCUT2D eigenvalue weighted by Crippen LogP contribution is -2.11. The molecule has 0 amide bonds. The Balaban J connectivity index is 1.90. The molecule has 0 N–H and O–H groups in total. The number of benzene rings is 1. The third kappa shape index (κ3) is 15.3. The Morgan fingerprint density at radius 3 is 1.84 bits per heavy atom. The van der Waals surface area contributed by atoms with Gasteiger partial charge in [0.2, 0.25) is 0 Å². The Labute approximate surface area is 200 Å². The van der Waals surface area contributed by atoms with Crippen molar-refractivity contribution in [1.82, 2.24) is 0 Å². The van der Waals surface area contributed by atoms with Crippen LogP contribution in [0.2, 0.25) is 5.02 Å². The van der Waals surface area contributed by atoms with Crippen molar-refractivity contribution in [1.29, 1.82) is 0 Å². The molecule has 1 aromatic rings. The van der Waals surface area contributed by atoms with Crippen molar-refractivity contribution < 1.29 is 19.1 Å². The van der Waals surface area contributed by atoms with Gasteiger partial charge in [-0.2, -0.15) is 0 Å². The van der Waals surface area contributed by atoms with Crippen LogP contribution in [0.1, 0.15) is 115 Å². The van der Waals surface area contributed by atoms with Gasteiger partial charge in [-0.1, -0.05) is 95.6 Å². The van der Waals surface area contributed by atoms with Crippen molar-refractivity contribution in [2.75, 3.05) is 6.61 Å². The highest BCUT2D eigenvalue weighted by Gasteiger charge is 2.10. The number of ether oxygens (including phenoxy) is 2. The van der Waals surface area contributed by atoms with E-state index in [2.05, 4.69) is 6.92 Å². The lowest BCUT2D eigenvalue weighted by Gasteiger charge is -2.08. The van der Waals surface area contributed by atoms with Gasteiger partial charge in [0.05, 0.1) is 6.61 Å². The Morgan fingerprint density at radius 2 is 1.28 bits per heavy atom. The highest BCUT2D eigenvalue weighted by atomic mass is 35.5. The average molecular weight is 467 g/mol. The second-order valence-corrected chi connectivity index (χ2v) is 9.14. The normalized spacial score (nSPS) is 10.8. The second-order valence-electron chi connectivity index (χ2n) is 8.70. The summed E-state index contributed by atoms with van der Waals surface area (Å²) in [6.45, 7) is 4.57. The summed E-state index contributed by atoms with van der Waals surface area (Å²) in [6.07, 6.45) is 17.7. The highest BCUT2D eigenvalue weighted by Crippen LogP contribution is 2.22. The summed E-state index contributed by atoms with van der Waals surface area (Å²) in [5.74, 6) is -0.0801. The van der Waals surface area contributed by atoms with E-state index >= 15 is 0 Å². The van der Waals surface area contributed by atoms with Gasteiger partial charge in [0.25, 0.3) is 0 Å². The number of halogens is 1. The van der Waals surface area contributed by atoms with Gasteiger partial charge in [-0.25, -0.2) is 0 Å². The Morgan fingerprint density at radius 1 is 0.750 bits per heavy atom. The maximum absolute atomic E-state index is 11.9. The molecular weight excluding hydrogens is 424 g/mol. The third-order valence-corrected chi connectivity index (χ3v) is 5.87. The molecule has 32 heavy (non-hydrogen) atoms. The highest BCUT2D eigenvalue weighted by molar-refractivity contribution is 6.30. The first-order chi connectivity index (χ1) is 15.5. The van der Waals surface area contributed by atoms with Crippen molar-refractivity contribution in [3.63, 3.8) is 0 Å². The molecule has 0 heterocycles. The van der Waals surface area contributed by atoms with Gasteiger partial charge in [0.15, 0.2) is 0 Å². The molecule has 1 rings (SSSR count). The number of hydrogen-bond donors (Lipinski definition) is 0. The zero-order chi connectivity index (χ0) is 23.4. The van der Waals surface area contributed by atoms with Crippen molar-refractivity contribution in [3.05, 3.63) is 28.8 Å². The molecule has 0 aliphatic heterocycles. The Kier molecular flexibility index (Phi) is 16.9. The third-order valence-electron chi connectivity index (χ3n) is 5.63. The summed E-state index contributed by atoms with van der Waals surface area (Å²) in [5.41, 5.74) is 0.808. The fourth-order valence-electron chi connectivity index (χ4n) is 3.66. The van der Waals surface area contributed by atoms with Gasteiger partial charge >= 0.3 is 11.9 Å². The molecule has 4 nitrogen and oxygen atoms in total. The van der Waals surface area contributed by atoms with E-state index in [0.717, 1.165) is 18.4 Å². The van der Waals surface area contributed by atoms with Crippen LogP contribution in [0.15, 0.2) is 18.2 Å². The number of unbranched alkanes of at least 4 members (excludes halogenated alkanes) is 12. The van der Waals surface area contributed by atoms with E-state index in [-0.39, 0.29) is 24.8 Å². The van der Waals surface area contributed by atoms with Crippen molar-refractivity contribution in [3.8, 4) is 5.75 Å². The standard InChI is InChI=1S/C27H43ClO4/c1-3-4-5-6-7-8-9-10-11-12-13-14-15-21-31-26(29)17-16-18-27(30)32-25-20-19-24(28)22-23(25)2/h19-20,22H,3-18,21H2,1-2H3. The van der Waals surface area contributed by atoms with E-state index in [1.165, 1.54) is 70.6 Å². The lowest BCUT2D eigenvalue weighted by atomic mass is 10.0. The summed E-state index contributed by atoms with van der Waals surface area (Å²) < 4.78 is 10.6. The molecule has 0 aromatic heterocycles. The summed E-state index contributed by atoms with van der Waals surface area (Å²) in [5, 5.41) is 0.605. The van der Waals surface area contributed by atoms with Crippen LogP contribution in [0.25, 0.3) is 0 Å². The molecule has 0 bridgehead atoms. The minimum atomic E-state index is -0.347. The second kappa shape index (κ2) is 19.0. The van der Waals surface area contributed by atoms with Crippen LogP contribution in [0, 0.1) is 6.92 Å². The minimum Gasteiger partial charge on any atom is -0.466 e. The van der Waals surface area contributed by atoms with Gasteiger partial charge in [0.1, 0.15) is 5.75 Å². The van der Waals surface area contributed by atoms with Crippen molar-refractivity contribution >= 4 is 23.5 Å². The van der Waals surface area contributed by atoms with Gasteiger partial charge < -0.3 is 9.47 Å². The number of esters is 2. The van der Waals surface area contributed by atoms with Crippen LogP contribution in [0.3, 0.4) is 0 Å². The van der Waals surface area contributed by atoms with Crippen LogP contribution < -0.4 is 4.74 Å². The SMILES string of the molecule is CCCCCCCCCCCCCCCOC(=O)CCCC(=O)Oc1ccc(Cl)cc1C. The zero-order valence-electron chi connectivity index (χ0n) is 20.3. The molecule has 0 atom stereocenters. The number of carbonyl (C=O) groups is 2. The van der Waals surface area contributed by atoms with Crippen LogP contribution in [0.4, 0.5) is 0 Å². The molecular formula is C27H43ClO4. The maximum atomic E-state index is 11.9. The van der Waals surface area contributed by atoms with Gasteiger partial charge in [-0.15, -0.1) is 0 Å². The topological polar surface area (TPSA) is 52.6 Å². The Hall–Kier alpha value is -1.55. The van der Waals surface area contributed by atoms with Crippen LogP contribution in [-0.4, -0.2) is 18.5 Å². The molecule has 0 unspecified atom stereocenters. The molecule has 5 heteroatoms. The largest absolute Gasteiger partial charge is 0.466 e. The fourth-order valence-corrected chi connectivity index (χ4v) is 3.88. The van der Waals surface area contributed by atoms with Crippen LogP contribution >= 0.6 is 11.6 Å². The quantitative estimate of drug-likeness (QED) is 0.117. The lowest BCUT2D eigenvalue weighted by molar-refractivity contribution is -0.144. The number of carbonyl (C=O) groups excluding carboxylic acids is 2. The van der Waals surface area contributed by atoms with E-state index in [1.54, 1.807) is 18.2 Å². The molecule has 0 aliphatic carbocycles. The van der Waals surface area contributed by atoms with E-state index < -0.39 is 0 Å². The van der Waals surface area contributed by atoms with E-state index in [1.807, 2.05) is 6.92 Å². The monoisotopic (exact) mass is 466 g/mol. The summed E-state index contributed by atoms with van der Waals surface area (Å²) in [4.78, 5) is 23.7. The minimum absolute atomic E-state index is 0.190. The summed E-state index contributed by atoms with van der Waals surface area (Å²) in [7, 11) is 0. The van der Waals surface area contributed by atoms with Crippen LogP contribution in [-0.2, 0) is 14.3 Å². The maximum Gasteiger partial charge on any atom is 0.311 e. The fraction of sp³-hybridized carbons (Fsp3) is 0.704. The van der Waals surface area contributed by atoms with Gasteiger partial charge in [-0.3, -0.25) is 9.59 Å². The Bertz CT molecular complexity index is 645. The summed E-state index contributed by atoms with van der Waals surface area (Å²) >= 11 is 5.90. The van der Waals surface area contributed by atoms with Crippen LogP contribution in [0.5, 0.6) is 5.75 Å². The molecule has 0 fully saturated rings. The molecule has 0 saturated carbocycles. The number of rotatable bonds is 19. The van der Waals surface area contributed by atoms with E-state index in [0.29, 0.717) is 23.8 Å². The predicted octanol–water partition coefficient (Wildman–Crippen LogP) is 8.36. The summed E-state index contributed by atoms with van der Waals surface area (Å²) in [6, 6.07) is 5.11. The first kappa shape index (κ1) is 28.5. The number of aryl methyl sites for hydroxylation is 1. The van der Waals surface area contributed by atoms with Gasteiger partial charge in [0, 0.05) is 17.9 Å². The zero-order valence-corrected chi connectivity index (χ0v) is 21.0. The van der Waals surface area contributed by atoms with Crippen molar-refractivity contribution in [2.24, 2.45) is 0 Å². The van der Waals surface area contributed by atoms with E-state index in [4.69, 9.17) is 21.1 Å². The molecule has 0 aliphatic rings. The predicted molar refractivity (Wildman–Crippen MR) is 132 cm³/mol. The first-order valence-corrected chi connectivity index (χ1v) is 13.0. The molecule has 182 valence electrons. The smallest absolute Gasteiger partial charge is 0.311 e. The van der Waals surface area contributed by atoms with E-state index in [9.17, 15) is 9.59 Å². The molecule has 0 radical (unpaired) electrons. The molecule has 1 aromatic carbocycles. The molecule has 0 saturated heterocycles. The van der Waals surface area contributed by atoms with Gasteiger partial charge in [-0.05, 0) is 43.5 Å². The average Bonchev–Trinajstić information content (AvgIpc) is 2.76. The first-order valence-electron chi connectivity index (χ1n) is 12.7. The molecule has 0 spiro atoms. The van der Waals surface area contributed by atoms with Crippen molar-refractivity contribution in [2.45, 2.75) is 117 Å².